The Morgan fingerprint density at radius 3 is 2.39 bits per heavy atom. The lowest BCUT2D eigenvalue weighted by Gasteiger charge is -2.20. The average Bonchev–Trinajstić information content (AvgIpc) is 2.67. The molecule has 0 radical (unpaired) electrons. The molecule has 3 N–H and O–H groups in total. The monoisotopic (exact) mass is 405 g/mol. The highest BCUT2D eigenvalue weighted by Gasteiger charge is 2.12. The van der Waals surface area contributed by atoms with Crippen molar-refractivity contribution >= 4 is 23.1 Å². The second-order valence-corrected chi connectivity index (χ2v) is 6.65. The minimum Gasteiger partial charge on any atom is -0.760 e. The van der Waals surface area contributed by atoms with Gasteiger partial charge in [-0.3, -0.25) is 13.8 Å². The first-order valence-electron chi connectivity index (χ1n) is 8.54. The summed E-state index contributed by atoms with van der Waals surface area (Å²) in [6, 6.07) is 15.8. The number of nitrogens with one attached hydrogen (secondary N) is 2. The average molecular weight is 405 g/mol. The molecule has 0 saturated carbocycles. The van der Waals surface area contributed by atoms with Crippen molar-refractivity contribution < 1.29 is 28.2 Å². The Morgan fingerprint density at radius 2 is 1.79 bits per heavy atom. The Morgan fingerprint density at radius 1 is 1.11 bits per heavy atom. The number of carbonyl (C=O) groups excluding carboxylic acids is 1. The molecular formula is C19H21N2O6S-. The number of aliphatic carboxylic acids is 1. The molecule has 0 aliphatic heterocycles. The molecule has 150 valence electrons. The van der Waals surface area contributed by atoms with Gasteiger partial charge in [0.2, 0.25) is 0 Å². The van der Waals surface area contributed by atoms with E-state index in [1.165, 1.54) is 0 Å². The van der Waals surface area contributed by atoms with Crippen molar-refractivity contribution in [2.45, 2.75) is 18.9 Å². The summed E-state index contributed by atoms with van der Waals surface area (Å²) >= 11 is -2.39. The lowest BCUT2D eigenvalue weighted by Crippen LogP contribution is -2.30. The second kappa shape index (κ2) is 11.2. The van der Waals surface area contributed by atoms with Gasteiger partial charge in [-0.15, -0.1) is 0 Å². The summed E-state index contributed by atoms with van der Waals surface area (Å²) in [5.74, 6) is -0.911. The maximum atomic E-state index is 11.6. The molecule has 2 aromatic rings. The molecule has 9 heteroatoms. The third kappa shape index (κ3) is 7.87. The molecule has 0 aliphatic carbocycles. The molecule has 2 rings (SSSR count). The van der Waals surface area contributed by atoms with Crippen molar-refractivity contribution in [2.75, 3.05) is 13.2 Å². The summed E-state index contributed by atoms with van der Waals surface area (Å²) in [6.07, 6.45) is 0.305. The quantitative estimate of drug-likeness (QED) is 0.484. The number of carboxylic acid groups (broad SMARTS) is 1. The van der Waals surface area contributed by atoms with E-state index >= 15 is 0 Å². The number of amides is 1. The van der Waals surface area contributed by atoms with Gasteiger partial charge in [0.15, 0.2) is 6.61 Å². The molecule has 0 fully saturated rings. The molecule has 1 amide bonds. The number of hydrogen-bond acceptors (Lipinski definition) is 5. The molecule has 2 atom stereocenters. The van der Waals surface area contributed by atoms with Gasteiger partial charge in [-0.25, -0.2) is 4.72 Å². The Labute approximate surface area is 165 Å². The molecule has 0 aromatic heterocycles. The summed E-state index contributed by atoms with van der Waals surface area (Å²) in [5.41, 5.74) is 1.75. The Kier molecular flexibility index (Phi) is 8.60. The first kappa shape index (κ1) is 21.5. The molecular weight excluding hydrogens is 384 g/mol. The molecule has 0 saturated heterocycles. The zero-order valence-electron chi connectivity index (χ0n) is 15.0. The van der Waals surface area contributed by atoms with E-state index in [0.717, 1.165) is 11.1 Å². The molecule has 2 aromatic carbocycles. The SMILES string of the molecule is O=C(O)CCNC(=O)COc1ccc(CC(NS(=O)[O-])c2ccccc2)cc1. The smallest absolute Gasteiger partial charge is 0.305 e. The normalized spacial score (nSPS) is 12.8. The van der Waals surface area contributed by atoms with Crippen molar-refractivity contribution in [1.82, 2.24) is 10.0 Å². The topological polar surface area (TPSA) is 128 Å². The van der Waals surface area contributed by atoms with E-state index in [2.05, 4.69) is 10.0 Å². The van der Waals surface area contributed by atoms with E-state index in [0.29, 0.717) is 12.2 Å². The van der Waals surface area contributed by atoms with Crippen molar-refractivity contribution in [3.8, 4) is 5.75 Å². The molecule has 0 aliphatic rings. The minimum absolute atomic E-state index is 0.0470. The van der Waals surface area contributed by atoms with E-state index in [4.69, 9.17) is 9.84 Å². The summed E-state index contributed by atoms with van der Waals surface area (Å²) in [6.45, 7) is -0.173. The van der Waals surface area contributed by atoms with Crippen molar-refractivity contribution in [2.24, 2.45) is 0 Å². The number of carboxylic acids is 1. The van der Waals surface area contributed by atoms with Gasteiger partial charge in [0.1, 0.15) is 5.75 Å². The summed E-state index contributed by atoms with van der Waals surface area (Å²) in [5, 5.41) is 11.0. The van der Waals surface area contributed by atoms with Crippen LogP contribution in [0.2, 0.25) is 0 Å². The number of carbonyl (C=O) groups is 2. The van der Waals surface area contributed by atoms with Gasteiger partial charge in [0.25, 0.3) is 5.91 Å². The van der Waals surface area contributed by atoms with E-state index in [1.807, 2.05) is 30.3 Å². The van der Waals surface area contributed by atoms with Gasteiger partial charge in [-0.1, -0.05) is 42.5 Å². The second-order valence-electron chi connectivity index (χ2n) is 5.95. The molecule has 0 spiro atoms. The van der Waals surface area contributed by atoms with E-state index in [1.54, 1.807) is 24.3 Å². The van der Waals surface area contributed by atoms with Crippen LogP contribution in [0, 0.1) is 0 Å². The molecule has 2 unspecified atom stereocenters. The highest BCUT2D eigenvalue weighted by Crippen LogP contribution is 2.20. The lowest BCUT2D eigenvalue weighted by atomic mass is 10.00. The van der Waals surface area contributed by atoms with Crippen LogP contribution in [0.3, 0.4) is 0 Å². The van der Waals surface area contributed by atoms with Crippen LogP contribution in [0.5, 0.6) is 5.75 Å². The van der Waals surface area contributed by atoms with Gasteiger partial charge >= 0.3 is 5.97 Å². The lowest BCUT2D eigenvalue weighted by molar-refractivity contribution is -0.137. The zero-order chi connectivity index (χ0) is 20.4. The maximum Gasteiger partial charge on any atom is 0.305 e. The largest absolute Gasteiger partial charge is 0.760 e. The van der Waals surface area contributed by atoms with Crippen LogP contribution in [0.1, 0.15) is 23.6 Å². The van der Waals surface area contributed by atoms with Crippen LogP contribution >= 0.6 is 0 Å². The number of benzene rings is 2. The number of rotatable bonds is 11. The number of hydrogen-bond donors (Lipinski definition) is 3. The van der Waals surface area contributed by atoms with Gasteiger partial charge in [-0.05, 0) is 29.7 Å². The first-order chi connectivity index (χ1) is 13.4. The van der Waals surface area contributed by atoms with E-state index in [9.17, 15) is 18.4 Å². The molecule has 28 heavy (non-hydrogen) atoms. The molecule has 0 bridgehead atoms. The third-order valence-corrected chi connectivity index (χ3v) is 4.31. The minimum atomic E-state index is -2.39. The van der Waals surface area contributed by atoms with Crippen LogP contribution in [0.25, 0.3) is 0 Å². The fourth-order valence-electron chi connectivity index (χ4n) is 2.50. The van der Waals surface area contributed by atoms with Crippen LogP contribution in [0.4, 0.5) is 0 Å². The van der Waals surface area contributed by atoms with E-state index in [-0.39, 0.29) is 19.6 Å². The maximum absolute atomic E-state index is 11.6. The fourth-order valence-corrected chi connectivity index (χ4v) is 2.95. The highest BCUT2D eigenvalue weighted by atomic mass is 32.2. The van der Waals surface area contributed by atoms with Crippen LogP contribution in [-0.4, -0.2) is 38.9 Å². The van der Waals surface area contributed by atoms with Gasteiger partial charge in [-0.2, -0.15) is 0 Å². The van der Waals surface area contributed by atoms with E-state index < -0.39 is 29.2 Å². The first-order valence-corrected chi connectivity index (χ1v) is 9.62. The predicted octanol–water partition coefficient (Wildman–Crippen LogP) is 1.32. The predicted molar refractivity (Wildman–Crippen MR) is 102 cm³/mol. The van der Waals surface area contributed by atoms with Gasteiger partial charge in [0, 0.05) is 23.9 Å². The van der Waals surface area contributed by atoms with Crippen molar-refractivity contribution in [3.63, 3.8) is 0 Å². The highest BCUT2D eigenvalue weighted by molar-refractivity contribution is 7.77. The third-order valence-electron chi connectivity index (χ3n) is 3.83. The number of ether oxygens (including phenoxy) is 1. The molecule has 0 heterocycles. The molecule has 8 nitrogen and oxygen atoms in total. The van der Waals surface area contributed by atoms with Gasteiger partial charge < -0.3 is 19.7 Å². The summed E-state index contributed by atoms with van der Waals surface area (Å²) in [7, 11) is 0. The van der Waals surface area contributed by atoms with Crippen molar-refractivity contribution in [3.05, 3.63) is 65.7 Å². The Hall–Kier alpha value is -2.75. The standard InChI is InChI=1S/C19H22N2O6S/c22-18(20-11-10-19(23)24)13-27-16-8-6-14(7-9-16)12-17(21-28(25)26)15-4-2-1-3-5-15/h1-9,17,21H,10-13H2,(H,20,22)(H,23,24)(H,25,26)/p-1. The van der Waals surface area contributed by atoms with Gasteiger partial charge in [0.05, 0.1) is 6.42 Å². The summed E-state index contributed by atoms with van der Waals surface area (Å²) in [4.78, 5) is 22.0. The van der Waals surface area contributed by atoms with Crippen LogP contribution in [0.15, 0.2) is 54.6 Å². The Bertz CT molecular complexity index is 798. The zero-order valence-corrected chi connectivity index (χ0v) is 15.8. The Balaban J connectivity index is 1.89. The summed E-state index contributed by atoms with van der Waals surface area (Å²) < 4.78 is 30.1. The van der Waals surface area contributed by atoms with Crippen LogP contribution in [-0.2, 0) is 27.3 Å². The fraction of sp³-hybridized carbons (Fsp3) is 0.263. The van der Waals surface area contributed by atoms with Crippen molar-refractivity contribution in [1.29, 1.82) is 0 Å². The van der Waals surface area contributed by atoms with Crippen LogP contribution < -0.4 is 14.8 Å².